The van der Waals surface area contributed by atoms with E-state index in [1.807, 2.05) is 13.8 Å². The van der Waals surface area contributed by atoms with Crippen molar-refractivity contribution < 1.29 is 19.4 Å². The number of amides is 1. The first-order valence-corrected chi connectivity index (χ1v) is 10.4. The number of hydrogen-bond donors (Lipinski definition) is 1. The molecule has 0 aliphatic carbocycles. The van der Waals surface area contributed by atoms with Crippen molar-refractivity contribution in [2.24, 2.45) is 0 Å². The highest BCUT2D eigenvalue weighted by molar-refractivity contribution is 6.46. The molecule has 6 nitrogen and oxygen atoms in total. The van der Waals surface area contributed by atoms with Crippen LogP contribution in [0, 0.1) is 6.92 Å². The third kappa shape index (κ3) is 4.22. The van der Waals surface area contributed by atoms with E-state index in [9.17, 15) is 14.7 Å². The van der Waals surface area contributed by atoms with Crippen LogP contribution in [0.4, 0.5) is 0 Å². The maximum atomic E-state index is 13.0. The average molecular weight is 408 g/mol. The zero-order valence-corrected chi connectivity index (χ0v) is 17.7. The molecule has 1 amide bonds. The molecule has 0 radical (unpaired) electrons. The summed E-state index contributed by atoms with van der Waals surface area (Å²) in [5, 5.41) is 11.1. The summed E-state index contributed by atoms with van der Waals surface area (Å²) in [7, 11) is 0. The van der Waals surface area contributed by atoms with E-state index in [0.717, 1.165) is 36.1 Å². The van der Waals surface area contributed by atoms with Crippen LogP contribution in [0.25, 0.3) is 5.76 Å². The average Bonchev–Trinajstić information content (AvgIpc) is 3.00. The predicted molar refractivity (Wildman–Crippen MR) is 115 cm³/mol. The molecule has 1 N–H and O–H groups in total. The summed E-state index contributed by atoms with van der Waals surface area (Å²) < 4.78 is 5.56. The van der Waals surface area contributed by atoms with Gasteiger partial charge in [-0.3, -0.25) is 14.6 Å². The minimum atomic E-state index is -0.655. The van der Waals surface area contributed by atoms with Crippen LogP contribution in [0.3, 0.4) is 0 Å². The van der Waals surface area contributed by atoms with Crippen molar-refractivity contribution in [3.8, 4) is 5.75 Å². The molecule has 1 aromatic heterocycles. The normalized spacial score (nSPS) is 18.1. The molecular weight excluding hydrogens is 380 g/mol. The molecule has 1 aliphatic heterocycles. The number of hydrogen-bond acceptors (Lipinski definition) is 5. The van der Waals surface area contributed by atoms with E-state index in [-0.39, 0.29) is 11.3 Å². The molecule has 1 aliphatic rings. The number of aliphatic hydroxyl groups excluding tert-OH is 1. The molecule has 6 heteroatoms. The highest BCUT2D eigenvalue weighted by Gasteiger charge is 2.45. The van der Waals surface area contributed by atoms with Gasteiger partial charge in [0.25, 0.3) is 11.7 Å². The minimum Gasteiger partial charge on any atom is -0.507 e. The van der Waals surface area contributed by atoms with Crippen LogP contribution in [0.1, 0.15) is 55.8 Å². The molecule has 0 bridgehead atoms. The Morgan fingerprint density at radius 1 is 1.13 bits per heavy atom. The Hall–Kier alpha value is -3.15. The number of nitrogens with zero attached hydrogens (tertiary/aromatic N) is 2. The van der Waals surface area contributed by atoms with Gasteiger partial charge in [-0.2, -0.15) is 0 Å². The minimum absolute atomic E-state index is 0.117. The van der Waals surface area contributed by atoms with Crippen molar-refractivity contribution in [3.05, 3.63) is 65.0 Å². The second-order valence-corrected chi connectivity index (χ2v) is 7.39. The van der Waals surface area contributed by atoms with Gasteiger partial charge in [0, 0.05) is 24.5 Å². The molecule has 2 aromatic rings. The van der Waals surface area contributed by atoms with Gasteiger partial charge in [-0.1, -0.05) is 19.8 Å². The number of aromatic nitrogens is 1. The van der Waals surface area contributed by atoms with E-state index in [0.29, 0.717) is 18.7 Å². The third-order valence-electron chi connectivity index (χ3n) is 5.31. The molecule has 1 atom stereocenters. The van der Waals surface area contributed by atoms with Gasteiger partial charge in [0.2, 0.25) is 0 Å². The standard InChI is InChI=1S/C24H28N2O4/c1-4-6-7-14-26-21(17-10-12-25-13-11-17)20(23(28)24(26)29)22(27)18-8-9-19(30-5-2)16(3)15-18/h8-13,15,21,27H,4-7,14H2,1-3H3/b22-20-. The number of aryl methyl sites for hydroxylation is 1. The molecule has 1 unspecified atom stereocenters. The number of likely N-dealkylation sites (tertiary alicyclic amines) is 1. The lowest BCUT2D eigenvalue weighted by molar-refractivity contribution is -0.139. The molecule has 30 heavy (non-hydrogen) atoms. The Labute approximate surface area is 177 Å². The van der Waals surface area contributed by atoms with E-state index < -0.39 is 17.7 Å². The SMILES string of the molecule is CCCCCN1C(=O)C(=O)/C(=C(\O)c2ccc(OCC)c(C)c2)C1c1ccncc1. The third-order valence-corrected chi connectivity index (χ3v) is 5.31. The van der Waals surface area contributed by atoms with Crippen LogP contribution in [-0.2, 0) is 9.59 Å². The van der Waals surface area contributed by atoms with Crippen molar-refractivity contribution in [2.75, 3.05) is 13.2 Å². The van der Waals surface area contributed by atoms with Gasteiger partial charge in [-0.15, -0.1) is 0 Å². The number of aliphatic hydroxyl groups is 1. The Morgan fingerprint density at radius 2 is 1.87 bits per heavy atom. The number of pyridine rings is 1. The van der Waals surface area contributed by atoms with Gasteiger partial charge in [-0.25, -0.2) is 0 Å². The summed E-state index contributed by atoms with van der Waals surface area (Å²) in [4.78, 5) is 31.4. The number of carbonyl (C=O) groups excluding carboxylic acids is 2. The van der Waals surface area contributed by atoms with Gasteiger partial charge in [0.15, 0.2) is 0 Å². The van der Waals surface area contributed by atoms with E-state index in [1.165, 1.54) is 0 Å². The van der Waals surface area contributed by atoms with Crippen LogP contribution in [0.5, 0.6) is 5.75 Å². The zero-order chi connectivity index (χ0) is 21.7. The molecule has 3 rings (SSSR count). The molecule has 1 aromatic carbocycles. The second-order valence-electron chi connectivity index (χ2n) is 7.39. The first kappa shape index (κ1) is 21.6. The smallest absolute Gasteiger partial charge is 0.295 e. The van der Waals surface area contributed by atoms with Crippen molar-refractivity contribution in [1.82, 2.24) is 9.88 Å². The Bertz CT molecular complexity index is 953. The van der Waals surface area contributed by atoms with E-state index in [1.54, 1.807) is 47.6 Å². The summed E-state index contributed by atoms with van der Waals surface area (Å²) in [6, 6.07) is 8.18. The Kier molecular flexibility index (Phi) is 6.87. The largest absolute Gasteiger partial charge is 0.507 e. The number of ketones is 1. The zero-order valence-electron chi connectivity index (χ0n) is 17.7. The molecule has 1 saturated heterocycles. The summed E-state index contributed by atoms with van der Waals surface area (Å²) in [5.74, 6) is -0.673. The lowest BCUT2D eigenvalue weighted by Crippen LogP contribution is -2.30. The molecule has 2 heterocycles. The fourth-order valence-corrected chi connectivity index (χ4v) is 3.80. The fourth-order valence-electron chi connectivity index (χ4n) is 3.80. The van der Waals surface area contributed by atoms with Gasteiger partial charge >= 0.3 is 0 Å². The fraction of sp³-hybridized carbons (Fsp3) is 0.375. The summed E-state index contributed by atoms with van der Waals surface area (Å²) in [6.07, 6.45) is 6.03. The Balaban J connectivity index is 2.08. The van der Waals surface area contributed by atoms with E-state index in [2.05, 4.69) is 11.9 Å². The molecule has 0 saturated carbocycles. The lowest BCUT2D eigenvalue weighted by Gasteiger charge is -2.25. The van der Waals surface area contributed by atoms with Gasteiger partial charge < -0.3 is 14.7 Å². The number of benzene rings is 1. The van der Waals surface area contributed by atoms with E-state index in [4.69, 9.17) is 4.74 Å². The monoisotopic (exact) mass is 408 g/mol. The van der Waals surface area contributed by atoms with E-state index >= 15 is 0 Å². The highest BCUT2D eigenvalue weighted by Crippen LogP contribution is 2.39. The number of carbonyl (C=O) groups is 2. The quantitative estimate of drug-likeness (QED) is 0.303. The first-order valence-electron chi connectivity index (χ1n) is 10.4. The Morgan fingerprint density at radius 3 is 2.50 bits per heavy atom. The van der Waals surface area contributed by atoms with Gasteiger partial charge in [0.05, 0.1) is 18.2 Å². The number of rotatable bonds is 8. The molecular formula is C24H28N2O4. The van der Waals surface area contributed by atoms with Crippen molar-refractivity contribution in [1.29, 1.82) is 0 Å². The topological polar surface area (TPSA) is 79.7 Å². The van der Waals surface area contributed by atoms with Crippen LogP contribution in [-0.4, -0.2) is 39.8 Å². The summed E-state index contributed by atoms with van der Waals surface area (Å²) >= 11 is 0. The summed E-state index contributed by atoms with van der Waals surface area (Å²) in [5.41, 5.74) is 2.20. The van der Waals surface area contributed by atoms with Gasteiger partial charge in [-0.05, 0) is 61.7 Å². The molecule has 0 spiro atoms. The van der Waals surface area contributed by atoms with Crippen LogP contribution in [0.2, 0.25) is 0 Å². The van der Waals surface area contributed by atoms with Crippen molar-refractivity contribution in [3.63, 3.8) is 0 Å². The number of Topliss-reactive ketones (excluding diaryl/α,β-unsaturated/α-hetero) is 1. The highest BCUT2D eigenvalue weighted by atomic mass is 16.5. The number of ether oxygens (including phenoxy) is 1. The van der Waals surface area contributed by atoms with Crippen molar-refractivity contribution >= 4 is 17.4 Å². The van der Waals surface area contributed by atoms with Crippen molar-refractivity contribution in [2.45, 2.75) is 46.1 Å². The second kappa shape index (κ2) is 9.57. The maximum Gasteiger partial charge on any atom is 0.295 e. The lowest BCUT2D eigenvalue weighted by atomic mass is 9.95. The molecule has 158 valence electrons. The first-order chi connectivity index (χ1) is 14.5. The van der Waals surface area contributed by atoms with Crippen LogP contribution < -0.4 is 4.74 Å². The van der Waals surface area contributed by atoms with Gasteiger partial charge in [0.1, 0.15) is 11.5 Å². The maximum absolute atomic E-state index is 13.0. The number of unbranched alkanes of at least 4 members (excludes halogenated alkanes) is 2. The molecule has 1 fully saturated rings. The van der Waals surface area contributed by atoms with Crippen LogP contribution in [0.15, 0.2) is 48.3 Å². The summed E-state index contributed by atoms with van der Waals surface area (Å²) in [6.45, 7) is 6.87. The predicted octanol–water partition coefficient (Wildman–Crippen LogP) is 4.40. The van der Waals surface area contributed by atoms with Crippen LogP contribution >= 0.6 is 0 Å².